The lowest BCUT2D eigenvalue weighted by atomic mass is 9.87. The molecule has 11 aromatic rings. The maximum Gasteiger partial charge on any atom is 0.137 e. The third kappa shape index (κ3) is 7.41. The quantitative estimate of drug-likeness (QED) is 0.160. The fraction of sp³-hybridized carbons (Fsp3) is 0.156. The Kier molecular flexibility index (Phi) is 9.74. The van der Waals surface area contributed by atoms with Crippen LogP contribution in [-0.4, -0.2) is 0 Å². The molecule has 332 valence electrons. The Morgan fingerprint density at radius 2 is 0.882 bits per heavy atom. The van der Waals surface area contributed by atoms with E-state index in [4.69, 9.17) is 8.83 Å². The molecular formula is C64H54N2O2. The number of nitrogens with zero attached hydrogens (tertiary/aromatic N) is 2. The molecule has 4 heteroatoms. The average Bonchev–Trinajstić information content (AvgIpc) is 3.89. The van der Waals surface area contributed by atoms with Crippen molar-refractivity contribution in [2.45, 2.75) is 65.2 Å². The molecule has 2 aromatic heterocycles. The van der Waals surface area contributed by atoms with Gasteiger partial charge in [0, 0.05) is 67.8 Å². The summed E-state index contributed by atoms with van der Waals surface area (Å²) in [5.41, 5.74) is 15.1. The zero-order chi connectivity index (χ0) is 46.3. The third-order valence-corrected chi connectivity index (χ3v) is 13.9. The van der Waals surface area contributed by atoms with Crippen molar-refractivity contribution in [3.8, 4) is 0 Å². The van der Waals surface area contributed by atoms with Gasteiger partial charge in [0.25, 0.3) is 0 Å². The van der Waals surface area contributed by atoms with Gasteiger partial charge in [-0.1, -0.05) is 127 Å². The van der Waals surface area contributed by atoms with E-state index in [1.165, 1.54) is 33.0 Å². The van der Waals surface area contributed by atoms with E-state index in [0.717, 1.165) is 102 Å². The highest BCUT2D eigenvalue weighted by atomic mass is 16.3. The van der Waals surface area contributed by atoms with Gasteiger partial charge >= 0.3 is 0 Å². The molecule has 0 unspecified atom stereocenters. The van der Waals surface area contributed by atoms with Crippen LogP contribution in [0, 0.1) is 0 Å². The summed E-state index contributed by atoms with van der Waals surface area (Å²) < 4.78 is 13.6. The van der Waals surface area contributed by atoms with Gasteiger partial charge in [-0.05, 0) is 165 Å². The number of hydrogen-bond donors (Lipinski definition) is 0. The zero-order valence-electron chi connectivity index (χ0n) is 39.6. The molecule has 4 nitrogen and oxygen atoms in total. The number of anilines is 6. The molecule has 0 atom stereocenters. The fourth-order valence-electron chi connectivity index (χ4n) is 10.1. The third-order valence-electron chi connectivity index (χ3n) is 13.9. The van der Waals surface area contributed by atoms with Crippen LogP contribution in [0.3, 0.4) is 0 Å². The van der Waals surface area contributed by atoms with Crippen molar-refractivity contribution in [1.29, 1.82) is 0 Å². The van der Waals surface area contributed by atoms with E-state index in [9.17, 15) is 0 Å². The second kappa shape index (κ2) is 15.9. The molecule has 1 aliphatic carbocycles. The fourth-order valence-corrected chi connectivity index (χ4v) is 10.1. The minimum atomic E-state index is 0.00526. The SMILES string of the molecule is CC(C)(C)c1ccc(N(c2ccc3ccccc3c2)c2ccc3c(c2)oc2cc4cc5c(cc4cc23)oc2cc(N(c3ccc(C4=CCCC=C4)cc3)c3cccc(C(C)(C)C)c3)ccc25)cc1. The smallest absolute Gasteiger partial charge is 0.137 e. The number of furan rings is 2. The van der Waals surface area contributed by atoms with E-state index in [-0.39, 0.29) is 10.8 Å². The van der Waals surface area contributed by atoms with E-state index >= 15 is 0 Å². The van der Waals surface area contributed by atoms with Crippen molar-refractivity contribution in [1.82, 2.24) is 0 Å². The summed E-state index contributed by atoms with van der Waals surface area (Å²) in [6.45, 7) is 13.6. The highest BCUT2D eigenvalue weighted by Crippen LogP contribution is 2.44. The normalized spacial score (nSPS) is 13.4. The summed E-state index contributed by atoms with van der Waals surface area (Å²) in [6.07, 6.45) is 9.03. The second-order valence-corrected chi connectivity index (χ2v) is 20.6. The Balaban J connectivity index is 0.932. The first kappa shape index (κ1) is 41.6. The molecule has 0 fully saturated rings. The van der Waals surface area contributed by atoms with E-state index in [1.807, 2.05) is 0 Å². The molecule has 0 aliphatic heterocycles. The average molecular weight is 883 g/mol. The standard InChI is InChI=1S/C64H54N2O2/c1-63(2,3)47-22-27-50(28-23-47)66(52-26-21-42-15-10-11-16-44(42)33-52)54-30-32-56-58-35-46-36-59-57(34-45(46)37-60(58)68-62(56)40-54)55-31-29-53(39-61(55)67-59)65(51-18-12-17-48(38-51)64(4,5)6)49-24-19-43(20-25-49)41-13-8-7-9-14-41/h8,10-40H,7,9H2,1-6H3. The lowest BCUT2D eigenvalue weighted by Crippen LogP contribution is -2.14. The van der Waals surface area contributed by atoms with Gasteiger partial charge in [-0.3, -0.25) is 0 Å². The maximum absolute atomic E-state index is 6.79. The summed E-state index contributed by atoms with van der Waals surface area (Å²) in [5.74, 6) is 0. The highest BCUT2D eigenvalue weighted by Gasteiger charge is 2.22. The van der Waals surface area contributed by atoms with Crippen LogP contribution in [0.25, 0.3) is 71.0 Å². The number of hydrogen-bond acceptors (Lipinski definition) is 4. The van der Waals surface area contributed by atoms with Crippen LogP contribution in [0.1, 0.15) is 71.1 Å². The molecular weight excluding hydrogens is 829 g/mol. The van der Waals surface area contributed by atoms with Crippen molar-refractivity contribution >= 4 is 105 Å². The second-order valence-electron chi connectivity index (χ2n) is 20.6. The Labute approximate surface area is 398 Å². The predicted molar refractivity (Wildman–Crippen MR) is 289 cm³/mol. The van der Waals surface area contributed by atoms with Gasteiger partial charge < -0.3 is 18.6 Å². The largest absolute Gasteiger partial charge is 0.456 e. The van der Waals surface area contributed by atoms with Crippen LogP contribution in [0.15, 0.2) is 203 Å². The Morgan fingerprint density at radius 1 is 0.368 bits per heavy atom. The van der Waals surface area contributed by atoms with Crippen LogP contribution < -0.4 is 9.80 Å². The van der Waals surface area contributed by atoms with Crippen molar-refractivity contribution in [3.63, 3.8) is 0 Å². The first-order chi connectivity index (χ1) is 32.9. The number of allylic oxidation sites excluding steroid dienone is 4. The molecule has 2 heterocycles. The molecule has 0 radical (unpaired) electrons. The Bertz CT molecular complexity index is 3810. The summed E-state index contributed by atoms with van der Waals surface area (Å²) in [6, 6.07) is 64.3. The van der Waals surface area contributed by atoms with Crippen molar-refractivity contribution in [2.75, 3.05) is 9.80 Å². The molecule has 1 aliphatic rings. The molecule has 0 bridgehead atoms. The summed E-state index contributed by atoms with van der Waals surface area (Å²) in [7, 11) is 0. The van der Waals surface area contributed by atoms with E-state index in [2.05, 4.69) is 245 Å². The lowest BCUT2D eigenvalue weighted by Gasteiger charge is -2.28. The lowest BCUT2D eigenvalue weighted by molar-refractivity contribution is 0.590. The van der Waals surface area contributed by atoms with E-state index < -0.39 is 0 Å². The van der Waals surface area contributed by atoms with Gasteiger partial charge in [-0.15, -0.1) is 0 Å². The van der Waals surface area contributed by atoms with Gasteiger partial charge in [-0.2, -0.15) is 0 Å². The van der Waals surface area contributed by atoms with Gasteiger partial charge in [0.15, 0.2) is 0 Å². The van der Waals surface area contributed by atoms with Gasteiger partial charge in [-0.25, -0.2) is 0 Å². The molecule has 12 rings (SSSR count). The maximum atomic E-state index is 6.79. The molecule has 0 spiro atoms. The minimum Gasteiger partial charge on any atom is -0.456 e. The molecule has 0 amide bonds. The first-order valence-corrected chi connectivity index (χ1v) is 24.0. The van der Waals surface area contributed by atoms with Gasteiger partial charge in [0.2, 0.25) is 0 Å². The zero-order valence-corrected chi connectivity index (χ0v) is 39.6. The van der Waals surface area contributed by atoms with Crippen LogP contribution in [0.2, 0.25) is 0 Å². The van der Waals surface area contributed by atoms with Gasteiger partial charge in [0.05, 0.1) is 0 Å². The van der Waals surface area contributed by atoms with Crippen molar-refractivity contribution in [3.05, 3.63) is 211 Å². The molecule has 0 N–H and O–H groups in total. The summed E-state index contributed by atoms with van der Waals surface area (Å²) in [5, 5.41) is 8.96. The van der Waals surface area contributed by atoms with Gasteiger partial charge in [0.1, 0.15) is 22.3 Å². The number of fused-ring (bicyclic) bond motifs is 8. The van der Waals surface area contributed by atoms with Crippen LogP contribution in [-0.2, 0) is 10.8 Å². The molecule has 0 saturated carbocycles. The topological polar surface area (TPSA) is 32.8 Å². The number of rotatable bonds is 7. The Morgan fingerprint density at radius 3 is 1.46 bits per heavy atom. The monoisotopic (exact) mass is 882 g/mol. The van der Waals surface area contributed by atoms with E-state index in [0.29, 0.717) is 0 Å². The van der Waals surface area contributed by atoms with Crippen molar-refractivity contribution in [2.24, 2.45) is 0 Å². The highest BCUT2D eigenvalue weighted by molar-refractivity contribution is 6.15. The molecule has 68 heavy (non-hydrogen) atoms. The Hall–Kier alpha value is -7.82. The van der Waals surface area contributed by atoms with Crippen LogP contribution in [0.5, 0.6) is 0 Å². The predicted octanol–water partition coefficient (Wildman–Crippen LogP) is 19.1. The molecule has 9 aromatic carbocycles. The summed E-state index contributed by atoms with van der Waals surface area (Å²) >= 11 is 0. The van der Waals surface area contributed by atoms with Crippen molar-refractivity contribution < 1.29 is 8.83 Å². The van der Waals surface area contributed by atoms with Crippen LogP contribution >= 0.6 is 0 Å². The minimum absolute atomic E-state index is 0.00526. The van der Waals surface area contributed by atoms with Crippen LogP contribution in [0.4, 0.5) is 34.1 Å². The van der Waals surface area contributed by atoms with E-state index in [1.54, 1.807) is 0 Å². The molecule has 0 saturated heterocycles. The summed E-state index contributed by atoms with van der Waals surface area (Å²) in [4.78, 5) is 4.68. The number of benzene rings is 9. The first-order valence-electron chi connectivity index (χ1n) is 24.0.